The molecule has 1 unspecified atom stereocenters. The van der Waals surface area contributed by atoms with Gasteiger partial charge < -0.3 is 4.90 Å². The molecule has 1 aliphatic carbocycles. The Morgan fingerprint density at radius 3 is 2.27 bits per heavy atom. The zero-order valence-corrected chi connectivity index (χ0v) is 22.0. The molecule has 6 heteroatoms. The number of carbonyl (C=O) groups is 1. The van der Waals surface area contributed by atoms with Gasteiger partial charge in [0.1, 0.15) is 6.07 Å². The van der Waals surface area contributed by atoms with Gasteiger partial charge >= 0.3 is 0 Å². The fourth-order valence-electron chi connectivity index (χ4n) is 4.09. The van der Waals surface area contributed by atoms with Gasteiger partial charge in [0, 0.05) is 29.1 Å². The fraction of sp³-hybridized carbons (Fsp3) is 0.481. The second-order valence-electron chi connectivity index (χ2n) is 8.84. The minimum atomic E-state index is 0.380. The molecule has 2 aromatic carbocycles. The summed E-state index contributed by atoms with van der Waals surface area (Å²) in [5, 5.41) is 10.6. The Kier molecular flexibility index (Phi) is 11.5. The van der Waals surface area contributed by atoms with Crippen LogP contribution in [0.3, 0.4) is 0 Å². The van der Waals surface area contributed by atoms with Crippen LogP contribution in [0.5, 0.6) is 0 Å². The van der Waals surface area contributed by atoms with Crippen LogP contribution in [0, 0.1) is 30.1 Å². The first kappa shape index (κ1) is 27.5. The highest BCUT2D eigenvalue weighted by Crippen LogP contribution is 2.28. The van der Waals surface area contributed by atoms with E-state index in [-0.39, 0.29) is 0 Å². The van der Waals surface area contributed by atoms with Crippen molar-refractivity contribution in [3.63, 3.8) is 0 Å². The third-order valence-corrected chi connectivity index (χ3v) is 6.99. The summed E-state index contributed by atoms with van der Waals surface area (Å²) >= 11 is 17.3. The van der Waals surface area contributed by atoms with E-state index in [9.17, 15) is 4.79 Å². The first-order valence-corrected chi connectivity index (χ1v) is 12.8. The second kappa shape index (κ2) is 13.9. The number of carbonyl (C=O) groups excluding carboxylic acids is 1. The van der Waals surface area contributed by atoms with Crippen molar-refractivity contribution in [3.05, 3.63) is 68.2 Å². The maximum absolute atomic E-state index is 11.9. The first-order valence-electron chi connectivity index (χ1n) is 11.6. The number of hydrogen-bond acceptors (Lipinski definition) is 2. The van der Waals surface area contributed by atoms with Crippen molar-refractivity contribution in [2.24, 2.45) is 11.8 Å². The molecule has 1 amide bonds. The molecule has 1 heterocycles. The van der Waals surface area contributed by atoms with E-state index in [2.05, 4.69) is 18.7 Å². The van der Waals surface area contributed by atoms with Crippen molar-refractivity contribution in [1.82, 2.24) is 4.90 Å². The SMILES string of the molecule is CC1CCN(C(=O)C2CCCC2)C1.CCc1cc(Cl)ccc1Cl.Cc1ccc(C#N)c(Cl)c1. The van der Waals surface area contributed by atoms with Crippen molar-refractivity contribution >= 4 is 40.7 Å². The van der Waals surface area contributed by atoms with E-state index in [0.29, 0.717) is 22.4 Å². The minimum Gasteiger partial charge on any atom is -0.342 e. The summed E-state index contributed by atoms with van der Waals surface area (Å²) < 4.78 is 0. The van der Waals surface area contributed by atoms with Gasteiger partial charge in [-0.15, -0.1) is 0 Å². The highest BCUT2D eigenvalue weighted by Gasteiger charge is 2.30. The maximum atomic E-state index is 11.9. The van der Waals surface area contributed by atoms with E-state index in [0.717, 1.165) is 59.4 Å². The molecule has 0 aromatic heterocycles. The molecule has 0 bridgehead atoms. The van der Waals surface area contributed by atoms with E-state index in [1.165, 1.54) is 19.3 Å². The summed E-state index contributed by atoms with van der Waals surface area (Å²) in [4.78, 5) is 14.0. The smallest absolute Gasteiger partial charge is 0.225 e. The number of amides is 1. The van der Waals surface area contributed by atoms with Crippen LogP contribution >= 0.6 is 34.8 Å². The molecular formula is C27H33Cl3N2O. The average molecular weight is 508 g/mol. The van der Waals surface area contributed by atoms with Gasteiger partial charge in [-0.1, -0.05) is 67.6 Å². The van der Waals surface area contributed by atoms with Crippen molar-refractivity contribution in [3.8, 4) is 6.07 Å². The number of benzene rings is 2. The molecule has 0 radical (unpaired) electrons. The molecule has 0 spiro atoms. The Balaban J connectivity index is 0.000000178. The summed E-state index contributed by atoms with van der Waals surface area (Å²) in [7, 11) is 0. The van der Waals surface area contributed by atoms with Crippen LogP contribution in [0.15, 0.2) is 36.4 Å². The first-order chi connectivity index (χ1) is 15.7. The normalized spacial score (nSPS) is 17.5. The van der Waals surface area contributed by atoms with Gasteiger partial charge in [-0.2, -0.15) is 5.26 Å². The Bertz CT molecular complexity index is 955. The van der Waals surface area contributed by atoms with E-state index in [4.69, 9.17) is 40.1 Å². The summed E-state index contributed by atoms with van der Waals surface area (Å²) in [5.74, 6) is 1.55. The summed E-state index contributed by atoms with van der Waals surface area (Å²) in [5.41, 5.74) is 2.71. The Morgan fingerprint density at radius 1 is 1.06 bits per heavy atom. The number of nitrogens with zero attached hydrogens (tertiary/aromatic N) is 2. The number of aryl methyl sites for hydroxylation is 2. The molecule has 178 valence electrons. The molecular weight excluding hydrogens is 475 g/mol. The van der Waals surface area contributed by atoms with Gasteiger partial charge in [-0.25, -0.2) is 0 Å². The number of rotatable bonds is 2. The van der Waals surface area contributed by atoms with Gasteiger partial charge in [0.05, 0.1) is 10.6 Å². The molecule has 4 rings (SSSR count). The molecule has 2 aliphatic rings. The fourth-order valence-corrected chi connectivity index (χ4v) is 4.81. The summed E-state index contributed by atoms with van der Waals surface area (Å²) in [6.07, 6.45) is 6.95. The number of hydrogen-bond donors (Lipinski definition) is 0. The molecule has 33 heavy (non-hydrogen) atoms. The molecule has 3 nitrogen and oxygen atoms in total. The van der Waals surface area contributed by atoms with Crippen molar-refractivity contribution in [1.29, 1.82) is 5.26 Å². The van der Waals surface area contributed by atoms with E-state index in [1.807, 2.05) is 31.2 Å². The molecule has 2 aromatic rings. The Labute approximate surface area is 213 Å². The van der Waals surface area contributed by atoms with Gasteiger partial charge in [-0.3, -0.25) is 4.79 Å². The number of nitriles is 1. The molecule has 1 aliphatic heterocycles. The van der Waals surface area contributed by atoms with E-state index < -0.39 is 0 Å². The molecule has 1 saturated carbocycles. The Morgan fingerprint density at radius 2 is 1.76 bits per heavy atom. The zero-order chi connectivity index (χ0) is 24.4. The van der Waals surface area contributed by atoms with Crippen LogP contribution in [0.2, 0.25) is 15.1 Å². The summed E-state index contributed by atoms with van der Waals surface area (Å²) in [6, 6.07) is 12.9. The largest absolute Gasteiger partial charge is 0.342 e. The van der Waals surface area contributed by atoms with Gasteiger partial charge in [0.25, 0.3) is 0 Å². The lowest BCUT2D eigenvalue weighted by Crippen LogP contribution is -2.33. The highest BCUT2D eigenvalue weighted by molar-refractivity contribution is 6.33. The average Bonchev–Trinajstić information content (AvgIpc) is 3.48. The standard InChI is InChI=1S/C11H19NO.C8H8Cl2.C8H6ClN/c1-9-6-7-12(8-9)11(13)10-4-2-3-5-10;1-2-6-5-7(9)3-4-8(6)10;1-6-2-3-7(5-10)8(9)4-6/h9-10H,2-8H2,1H3;3-5H,2H2,1H3;2-4H,1H3. The molecule has 1 saturated heterocycles. The van der Waals surface area contributed by atoms with Crippen molar-refractivity contribution < 1.29 is 4.79 Å². The van der Waals surface area contributed by atoms with Crippen LogP contribution in [0.4, 0.5) is 0 Å². The monoisotopic (exact) mass is 506 g/mol. The van der Waals surface area contributed by atoms with Gasteiger partial charge in [0.2, 0.25) is 5.91 Å². The van der Waals surface area contributed by atoms with Crippen LogP contribution in [0.1, 0.15) is 62.6 Å². The van der Waals surface area contributed by atoms with Gasteiger partial charge in [0.15, 0.2) is 0 Å². The predicted molar refractivity (Wildman–Crippen MR) is 139 cm³/mol. The van der Waals surface area contributed by atoms with Crippen LogP contribution in [-0.4, -0.2) is 23.9 Å². The molecule has 0 N–H and O–H groups in total. The lowest BCUT2D eigenvalue weighted by molar-refractivity contribution is -0.134. The molecule has 1 atom stereocenters. The van der Waals surface area contributed by atoms with Crippen LogP contribution in [-0.2, 0) is 11.2 Å². The van der Waals surface area contributed by atoms with E-state index in [1.54, 1.807) is 18.2 Å². The van der Waals surface area contributed by atoms with Gasteiger partial charge in [-0.05, 0) is 80.0 Å². The highest BCUT2D eigenvalue weighted by atomic mass is 35.5. The lowest BCUT2D eigenvalue weighted by atomic mass is 10.1. The zero-order valence-electron chi connectivity index (χ0n) is 19.7. The Hall–Kier alpha value is -1.73. The quantitative estimate of drug-likeness (QED) is 0.412. The number of likely N-dealkylation sites (tertiary alicyclic amines) is 1. The second-order valence-corrected chi connectivity index (χ2v) is 10.1. The van der Waals surface area contributed by atoms with E-state index >= 15 is 0 Å². The maximum Gasteiger partial charge on any atom is 0.225 e. The summed E-state index contributed by atoms with van der Waals surface area (Å²) in [6.45, 7) is 8.25. The predicted octanol–water partition coefficient (Wildman–Crippen LogP) is 8.12. The topological polar surface area (TPSA) is 44.1 Å². The van der Waals surface area contributed by atoms with Crippen molar-refractivity contribution in [2.45, 2.75) is 59.3 Å². The molecule has 2 fully saturated rings. The van der Waals surface area contributed by atoms with Crippen LogP contribution < -0.4 is 0 Å². The van der Waals surface area contributed by atoms with Crippen LogP contribution in [0.25, 0.3) is 0 Å². The third-order valence-electron chi connectivity index (χ3n) is 6.07. The third kappa shape index (κ3) is 8.85. The lowest BCUT2D eigenvalue weighted by Gasteiger charge is -2.19. The van der Waals surface area contributed by atoms with Crippen molar-refractivity contribution in [2.75, 3.05) is 13.1 Å². The number of halogens is 3. The minimum absolute atomic E-state index is 0.380.